The number of hydrogen-bond donors (Lipinski definition) is 2. The summed E-state index contributed by atoms with van der Waals surface area (Å²) in [4.78, 5) is 27.4. The first kappa shape index (κ1) is 21.3. The molecule has 1 aromatic carbocycles. The van der Waals surface area contributed by atoms with E-state index in [0.717, 1.165) is 44.1 Å². The summed E-state index contributed by atoms with van der Waals surface area (Å²) in [5.41, 5.74) is 7.84. The zero-order chi connectivity index (χ0) is 22.5. The molecule has 0 radical (unpaired) electrons. The fourth-order valence-corrected chi connectivity index (χ4v) is 5.73. The summed E-state index contributed by atoms with van der Waals surface area (Å²) in [5.74, 6) is -0.558. The molecule has 3 aliphatic carbocycles. The number of hydrogen-bond acceptors (Lipinski definition) is 4. The monoisotopic (exact) mass is 457 g/mol. The Bertz CT molecular complexity index is 1060. The van der Waals surface area contributed by atoms with E-state index in [1.54, 1.807) is 28.8 Å². The van der Waals surface area contributed by atoms with Crippen LogP contribution in [0.4, 0.5) is 4.79 Å². The lowest BCUT2D eigenvalue weighted by Gasteiger charge is -2.53. The van der Waals surface area contributed by atoms with E-state index in [9.17, 15) is 9.59 Å². The lowest BCUT2D eigenvalue weighted by Crippen LogP contribution is -2.61. The van der Waals surface area contributed by atoms with Crippen molar-refractivity contribution in [1.82, 2.24) is 20.0 Å². The molecule has 1 aliphatic heterocycles. The zero-order valence-corrected chi connectivity index (χ0v) is 19.0. The van der Waals surface area contributed by atoms with Crippen molar-refractivity contribution in [3.05, 3.63) is 40.5 Å². The fourth-order valence-electron chi connectivity index (χ4n) is 5.54. The zero-order valence-electron chi connectivity index (χ0n) is 18.2. The van der Waals surface area contributed by atoms with Gasteiger partial charge in [0.05, 0.1) is 29.9 Å². The Morgan fingerprint density at radius 3 is 2.50 bits per heavy atom. The summed E-state index contributed by atoms with van der Waals surface area (Å²) in [6.07, 6.45) is 5.74. The van der Waals surface area contributed by atoms with Gasteiger partial charge in [0.2, 0.25) is 0 Å². The van der Waals surface area contributed by atoms with Crippen molar-refractivity contribution in [2.45, 2.75) is 62.8 Å². The number of benzene rings is 1. The van der Waals surface area contributed by atoms with Gasteiger partial charge in [-0.05, 0) is 50.7 Å². The number of rotatable bonds is 4. The quantitative estimate of drug-likeness (QED) is 0.735. The van der Waals surface area contributed by atoms with Gasteiger partial charge in [-0.1, -0.05) is 23.7 Å². The van der Waals surface area contributed by atoms with E-state index >= 15 is 0 Å². The largest absolute Gasteiger partial charge is 0.378 e. The number of carbonyl (C=O) groups excluding carboxylic acids is 2. The van der Waals surface area contributed by atoms with Crippen LogP contribution < -0.4 is 11.1 Å². The van der Waals surface area contributed by atoms with Gasteiger partial charge < -0.3 is 20.7 Å². The lowest BCUT2D eigenvalue weighted by molar-refractivity contribution is -0.0984. The van der Waals surface area contributed by atoms with Crippen molar-refractivity contribution < 1.29 is 14.3 Å². The van der Waals surface area contributed by atoms with Gasteiger partial charge in [0.1, 0.15) is 5.69 Å². The number of nitrogens with zero attached hydrogens (tertiary/aromatic N) is 3. The van der Waals surface area contributed by atoms with Crippen LogP contribution in [0.1, 0.15) is 54.6 Å². The number of amides is 3. The number of urea groups is 1. The number of aromatic nitrogens is 2. The summed E-state index contributed by atoms with van der Waals surface area (Å²) >= 11 is 6.14. The number of fused-ring (bicyclic) bond motifs is 4. The van der Waals surface area contributed by atoms with E-state index in [1.165, 1.54) is 0 Å². The van der Waals surface area contributed by atoms with Crippen molar-refractivity contribution in [2.75, 3.05) is 13.7 Å². The van der Waals surface area contributed by atoms with Crippen LogP contribution in [0.15, 0.2) is 24.3 Å². The first-order valence-electron chi connectivity index (χ1n) is 11.1. The molecule has 2 heterocycles. The molecule has 3 saturated carbocycles. The van der Waals surface area contributed by atoms with Gasteiger partial charge in [0.15, 0.2) is 0 Å². The maximum atomic E-state index is 13.2. The van der Waals surface area contributed by atoms with Crippen LogP contribution in [0, 0.1) is 0 Å². The van der Waals surface area contributed by atoms with Crippen LogP contribution in [0.25, 0.3) is 11.3 Å². The van der Waals surface area contributed by atoms with Gasteiger partial charge >= 0.3 is 6.03 Å². The Morgan fingerprint density at radius 2 is 1.88 bits per heavy atom. The summed E-state index contributed by atoms with van der Waals surface area (Å²) in [6, 6.07) is 7.10. The smallest absolute Gasteiger partial charge is 0.318 e. The first-order chi connectivity index (χ1) is 15.3. The third-order valence-corrected chi connectivity index (χ3v) is 7.83. The number of carbonyl (C=O) groups is 2. The molecule has 4 aliphatic rings. The molecule has 170 valence electrons. The Balaban J connectivity index is 1.37. The second-order valence-electron chi connectivity index (χ2n) is 9.29. The van der Waals surface area contributed by atoms with Crippen molar-refractivity contribution >= 4 is 23.5 Å². The Morgan fingerprint density at radius 1 is 1.16 bits per heavy atom. The molecule has 0 saturated heterocycles. The third-order valence-electron chi connectivity index (χ3n) is 7.59. The molecule has 3 amide bonds. The Labute approximate surface area is 192 Å². The highest BCUT2D eigenvalue weighted by Crippen LogP contribution is 2.48. The van der Waals surface area contributed by atoms with Crippen LogP contribution in [0.3, 0.4) is 0 Å². The number of halogens is 1. The predicted molar refractivity (Wildman–Crippen MR) is 120 cm³/mol. The minimum atomic E-state index is -0.558. The predicted octanol–water partition coefficient (Wildman–Crippen LogP) is 3.32. The van der Waals surface area contributed by atoms with Crippen LogP contribution in [0.2, 0.25) is 5.02 Å². The molecule has 9 heteroatoms. The van der Waals surface area contributed by atoms with Gasteiger partial charge in [0.25, 0.3) is 5.91 Å². The number of nitrogens with two attached hydrogens (primary N) is 1. The molecule has 1 aromatic heterocycles. The average molecular weight is 458 g/mol. The first-order valence-corrected chi connectivity index (χ1v) is 11.5. The standard InChI is InChI=1S/C23H28ClN5O3/c1-32-23-8-5-22(6-9-23,7-10-23)26-21(31)28-11-12-29-17(14-28)18(20(25)30)19(27-29)15-3-2-4-16(24)13-15/h2-4,13H,5-12,14H2,1H3,(H2,25,30)(H,26,31). The van der Waals surface area contributed by atoms with Gasteiger partial charge in [0, 0.05) is 29.8 Å². The summed E-state index contributed by atoms with van der Waals surface area (Å²) in [5, 5.41) is 8.51. The highest BCUT2D eigenvalue weighted by molar-refractivity contribution is 6.30. The number of nitrogens with one attached hydrogen (secondary N) is 1. The van der Waals surface area contributed by atoms with Crippen LogP contribution in [0.5, 0.6) is 0 Å². The molecule has 6 rings (SSSR count). The van der Waals surface area contributed by atoms with Gasteiger partial charge in [-0.25, -0.2) is 4.79 Å². The van der Waals surface area contributed by atoms with Gasteiger partial charge in [-0.15, -0.1) is 0 Å². The van der Waals surface area contributed by atoms with Gasteiger partial charge in [-0.3, -0.25) is 9.48 Å². The molecule has 2 bridgehead atoms. The van der Waals surface area contributed by atoms with Crippen molar-refractivity contribution in [1.29, 1.82) is 0 Å². The van der Waals surface area contributed by atoms with Crippen molar-refractivity contribution in [2.24, 2.45) is 5.73 Å². The average Bonchev–Trinajstić information content (AvgIpc) is 3.19. The van der Waals surface area contributed by atoms with E-state index in [4.69, 9.17) is 22.1 Å². The maximum absolute atomic E-state index is 13.2. The van der Waals surface area contributed by atoms with Gasteiger partial charge in [-0.2, -0.15) is 5.10 Å². The lowest BCUT2D eigenvalue weighted by atomic mass is 9.63. The molecule has 0 atom stereocenters. The summed E-state index contributed by atoms with van der Waals surface area (Å²) in [6.45, 7) is 1.31. The van der Waals surface area contributed by atoms with Crippen LogP contribution in [-0.4, -0.2) is 51.4 Å². The molecular formula is C23H28ClN5O3. The molecule has 3 fully saturated rings. The highest BCUT2D eigenvalue weighted by Gasteiger charge is 2.50. The minimum absolute atomic E-state index is 0.00275. The van der Waals surface area contributed by atoms with E-state index < -0.39 is 5.91 Å². The molecule has 2 aromatic rings. The van der Waals surface area contributed by atoms with E-state index in [1.807, 2.05) is 12.1 Å². The Hall–Kier alpha value is -2.58. The number of ether oxygens (including phenoxy) is 1. The highest BCUT2D eigenvalue weighted by atomic mass is 35.5. The second-order valence-corrected chi connectivity index (χ2v) is 9.72. The Kier molecular flexibility index (Phi) is 5.17. The van der Waals surface area contributed by atoms with E-state index in [-0.39, 0.29) is 23.7 Å². The topological polar surface area (TPSA) is 102 Å². The van der Waals surface area contributed by atoms with Crippen LogP contribution >= 0.6 is 11.6 Å². The normalized spacial score (nSPS) is 26.6. The van der Waals surface area contributed by atoms with Crippen molar-refractivity contribution in [3.8, 4) is 11.3 Å². The summed E-state index contributed by atoms with van der Waals surface area (Å²) in [7, 11) is 1.79. The third kappa shape index (κ3) is 3.55. The molecule has 32 heavy (non-hydrogen) atoms. The fraction of sp³-hybridized carbons (Fsp3) is 0.522. The molecule has 8 nitrogen and oxygen atoms in total. The summed E-state index contributed by atoms with van der Waals surface area (Å²) < 4.78 is 7.55. The van der Waals surface area contributed by atoms with E-state index in [2.05, 4.69) is 10.4 Å². The number of methoxy groups -OCH3 is 1. The van der Waals surface area contributed by atoms with E-state index in [0.29, 0.717) is 35.1 Å². The SMILES string of the molecule is COC12CCC(NC(=O)N3CCn4nc(-c5cccc(Cl)c5)c(C(N)=O)c4C3)(CC1)CC2. The molecule has 3 N–H and O–H groups in total. The van der Waals surface area contributed by atoms with Crippen molar-refractivity contribution in [3.63, 3.8) is 0 Å². The maximum Gasteiger partial charge on any atom is 0.318 e. The second kappa shape index (κ2) is 7.78. The minimum Gasteiger partial charge on any atom is -0.378 e. The van der Waals surface area contributed by atoms with Crippen LogP contribution in [-0.2, 0) is 17.8 Å². The number of primary amides is 1. The molecule has 0 spiro atoms. The molecular weight excluding hydrogens is 430 g/mol. The molecule has 0 unspecified atom stereocenters.